The van der Waals surface area contributed by atoms with Crippen molar-refractivity contribution in [2.75, 3.05) is 11.9 Å². The number of carbonyl (C=O) groups excluding carboxylic acids is 1. The Morgan fingerprint density at radius 1 is 1.11 bits per heavy atom. The normalized spacial score (nSPS) is 16.2. The monoisotopic (exact) mass is 791 g/mol. The van der Waals surface area contributed by atoms with Gasteiger partial charge in [0.25, 0.3) is 5.92 Å². The number of fused-ring (bicyclic) bond motifs is 3. The number of benzene rings is 1. The molecule has 1 aliphatic rings. The van der Waals surface area contributed by atoms with Crippen molar-refractivity contribution in [1.82, 2.24) is 39.7 Å². The van der Waals surface area contributed by atoms with Crippen molar-refractivity contribution in [2.45, 2.75) is 70.8 Å². The highest BCUT2D eigenvalue weighted by Crippen LogP contribution is 2.49. The van der Waals surface area contributed by atoms with Crippen molar-refractivity contribution in [1.29, 1.82) is 0 Å². The van der Waals surface area contributed by atoms with E-state index in [1.165, 1.54) is 15.7 Å². The lowest BCUT2D eigenvalue weighted by molar-refractivity contribution is -0.142. The van der Waals surface area contributed by atoms with E-state index in [1.54, 1.807) is 39.0 Å². The quantitative estimate of drug-likeness (QED) is 0.122. The Hall–Kier alpha value is -5.37. The van der Waals surface area contributed by atoms with Crippen LogP contribution in [0.3, 0.4) is 0 Å². The molecular formula is C35H32F7N9O3S. The van der Waals surface area contributed by atoms with Crippen LogP contribution < -0.4 is 16.3 Å². The number of H-pyrrole nitrogens is 1. The smallest absolute Gasteiger partial charge is 0.389 e. The van der Waals surface area contributed by atoms with Crippen LogP contribution in [0.5, 0.6) is 0 Å². The van der Waals surface area contributed by atoms with E-state index in [2.05, 4.69) is 30.9 Å². The summed E-state index contributed by atoms with van der Waals surface area (Å²) in [6.07, 6.45) is -6.02. The zero-order chi connectivity index (χ0) is 39.8. The molecule has 0 unspecified atom stereocenters. The number of aromatic nitrogens is 7. The second kappa shape index (κ2) is 13.4. The number of pyridine rings is 2. The lowest BCUT2D eigenvalue weighted by atomic mass is 9.94. The van der Waals surface area contributed by atoms with Crippen molar-refractivity contribution >= 4 is 38.4 Å². The number of anilines is 1. The lowest BCUT2D eigenvalue weighted by Gasteiger charge is -2.23. The first-order chi connectivity index (χ1) is 25.7. The molecule has 6 aromatic rings. The Morgan fingerprint density at radius 3 is 2.49 bits per heavy atom. The number of nitrogens with zero attached hydrogens (tertiary/aromatic N) is 6. The second-order valence-electron chi connectivity index (χ2n) is 14.1. The van der Waals surface area contributed by atoms with Gasteiger partial charge in [-0.25, -0.2) is 33.0 Å². The maximum Gasteiger partial charge on any atom is 0.435 e. The standard InChI is InChI=1S/C35H32F7N9O3S/c1-15-7-22-28(35(40,41)42)49-50(29(22)34(15,38)39)13-26(52)44-23(10-17-8-18(36)11-19(37)9-17)27-21(20-5-6-25-47-48-32(53)51(25)16(20)2)12-24-30(45-27)46-31(55-24)43-14-33(3,4)54/h5-6,8-9,11-12,15,23,54H,7,10,13-14H2,1-4H3,(H,44,52)(H,48,53)(H,43,45,46)/t15-,23+/m1/s1. The van der Waals surface area contributed by atoms with Gasteiger partial charge in [0.05, 0.1) is 22.0 Å². The van der Waals surface area contributed by atoms with Gasteiger partial charge >= 0.3 is 11.9 Å². The molecule has 0 aliphatic heterocycles. The molecule has 0 spiro atoms. The zero-order valence-corrected chi connectivity index (χ0v) is 30.3. The van der Waals surface area contributed by atoms with Crippen LogP contribution in [0.1, 0.15) is 60.7 Å². The molecule has 5 aromatic heterocycles. The number of amides is 1. The van der Waals surface area contributed by atoms with Crippen LogP contribution in [0.2, 0.25) is 0 Å². The number of hydrogen-bond acceptors (Lipinski definition) is 9. The fourth-order valence-electron chi connectivity index (χ4n) is 6.79. The molecule has 0 saturated carbocycles. The fraction of sp³-hybridized carbons (Fsp3) is 0.371. The molecule has 0 fully saturated rings. The highest BCUT2D eigenvalue weighted by molar-refractivity contribution is 7.22. The van der Waals surface area contributed by atoms with Gasteiger partial charge in [-0.15, -0.1) is 0 Å². The topological polar surface area (TPSA) is 155 Å². The number of alkyl halides is 5. The molecule has 12 nitrogen and oxygen atoms in total. The van der Waals surface area contributed by atoms with Gasteiger partial charge in [0.2, 0.25) is 5.91 Å². The summed E-state index contributed by atoms with van der Waals surface area (Å²) in [5, 5.41) is 26.1. The van der Waals surface area contributed by atoms with Gasteiger partial charge in [0.15, 0.2) is 22.1 Å². The second-order valence-corrected chi connectivity index (χ2v) is 15.2. The average Bonchev–Trinajstić information content (AvgIpc) is 3.81. The molecule has 290 valence electrons. The Bertz CT molecular complexity index is 2510. The third kappa shape index (κ3) is 7.27. The molecular weight excluding hydrogens is 759 g/mol. The van der Waals surface area contributed by atoms with E-state index in [4.69, 9.17) is 4.98 Å². The van der Waals surface area contributed by atoms with E-state index < -0.39 is 82.8 Å². The maximum atomic E-state index is 15.3. The third-order valence-corrected chi connectivity index (χ3v) is 10.2. The van der Waals surface area contributed by atoms with Gasteiger partial charge in [0, 0.05) is 40.9 Å². The summed E-state index contributed by atoms with van der Waals surface area (Å²) in [5.41, 5.74) is -3.25. The number of hydrogen-bond donors (Lipinski definition) is 4. The van der Waals surface area contributed by atoms with Crippen molar-refractivity contribution in [3.8, 4) is 11.1 Å². The number of carbonyl (C=O) groups is 1. The van der Waals surface area contributed by atoms with Crippen molar-refractivity contribution < 1.29 is 40.6 Å². The van der Waals surface area contributed by atoms with Crippen LogP contribution in [0, 0.1) is 24.5 Å². The lowest BCUT2D eigenvalue weighted by Crippen LogP contribution is -2.35. The van der Waals surface area contributed by atoms with Crippen LogP contribution in [-0.2, 0) is 36.3 Å². The third-order valence-electron chi connectivity index (χ3n) is 9.28. The Labute approximate surface area is 310 Å². The first-order valence-corrected chi connectivity index (χ1v) is 17.7. The predicted molar refractivity (Wildman–Crippen MR) is 187 cm³/mol. The Balaban J connectivity index is 1.37. The number of aromatic amines is 1. The van der Waals surface area contributed by atoms with E-state index in [-0.39, 0.29) is 35.5 Å². The minimum atomic E-state index is -5.08. The zero-order valence-electron chi connectivity index (χ0n) is 29.4. The molecule has 0 saturated heterocycles. The molecule has 0 radical (unpaired) electrons. The van der Waals surface area contributed by atoms with Gasteiger partial charge in [0.1, 0.15) is 23.9 Å². The van der Waals surface area contributed by atoms with E-state index in [1.807, 2.05) is 0 Å². The molecule has 20 heteroatoms. The van der Waals surface area contributed by atoms with Crippen molar-refractivity contribution in [3.63, 3.8) is 0 Å². The summed E-state index contributed by atoms with van der Waals surface area (Å²) < 4.78 is 104. The summed E-state index contributed by atoms with van der Waals surface area (Å²) in [4.78, 5) is 35.9. The maximum absolute atomic E-state index is 15.3. The van der Waals surface area contributed by atoms with Gasteiger partial charge in [-0.05, 0) is 69.5 Å². The molecule has 5 heterocycles. The summed E-state index contributed by atoms with van der Waals surface area (Å²) in [6.45, 7) is 4.95. The summed E-state index contributed by atoms with van der Waals surface area (Å²) in [6, 6.07) is 6.22. The Morgan fingerprint density at radius 2 is 1.82 bits per heavy atom. The van der Waals surface area contributed by atoms with E-state index >= 15 is 8.78 Å². The van der Waals surface area contributed by atoms with Crippen molar-refractivity contribution in [3.05, 3.63) is 92.4 Å². The van der Waals surface area contributed by atoms with Gasteiger partial charge in [-0.3, -0.25) is 9.48 Å². The molecule has 2 atom stereocenters. The minimum Gasteiger partial charge on any atom is -0.389 e. The number of aryl methyl sites for hydroxylation is 1. The SMILES string of the molecule is Cc1c(-c2cc3sc(NCC(C)(C)O)nc3nc2[C@H](Cc2cc(F)cc(F)c2)NC(=O)Cn2nc(C(F)(F)F)c3c2C(F)(F)[C@H](C)C3)ccc2n[nH]c(=O)n12. The number of thiazole rings is 1. The molecule has 1 aliphatic carbocycles. The van der Waals surface area contributed by atoms with E-state index in [0.717, 1.165) is 19.1 Å². The highest BCUT2D eigenvalue weighted by Gasteiger charge is 2.54. The van der Waals surface area contributed by atoms with Crippen LogP contribution in [0.4, 0.5) is 35.9 Å². The van der Waals surface area contributed by atoms with E-state index in [9.17, 15) is 36.6 Å². The largest absolute Gasteiger partial charge is 0.435 e. The molecule has 0 bridgehead atoms. The minimum absolute atomic E-state index is 0.0411. The number of halogens is 7. The first-order valence-electron chi connectivity index (χ1n) is 16.8. The van der Waals surface area contributed by atoms with E-state index in [0.29, 0.717) is 37.4 Å². The van der Waals surface area contributed by atoms with Gasteiger partial charge in [-0.2, -0.15) is 32.1 Å². The van der Waals surface area contributed by atoms with Crippen LogP contribution in [-0.4, -0.2) is 57.5 Å². The average molecular weight is 792 g/mol. The van der Waals surface area contributed by atoms with Gasteiger partial charge in [-0.1, -0.05) is 18.3 Å². The Kier molecular flexibility index (Phi) is 9.26. The number of nitrogens with one attached hydrogen (secondary N) is 3. The molecule has 55 heavy (non-hydrogen) atoms. The number of aliphatic hydroxyl groups is 1. The first kappa shape index (κ1) is 37.9. The molecule has 1 aromatic carbocycles. The summed E-state index contributed by atoms with van der Waals surface area (Å²) in [5.74, 6) is -8.15. The van der Waals surface area contributed by atoms with Crippen LogP contribution in [0.25, 0.3) is 27.1 Å². The van der Waals surface area contributed by atoms with Gasteiger partial charge < -0.3 is 15.7 Å². The fourth-order valence-corrected chi connectivity index (χ4v) is 7.63. The molecule has 4 N–H and O–H groups in total. The number of rotatable bonds is 10. The highest BCUT2D eigenvalue weighted by atomic mass is 32.1. The predicted octanol–water partition coefficient (Wildman–Crippen LogP) is 6.06. The van der Waals surface area contributed by atoms with Crippen molar-refractivity contribution in [2.24, 2.45) is 5.92 Å². The van der Waals surface area contributed by atoms with Crippen LogP contribution >= 0.6 is 11.3 Å². The summed E-state index contributed by atoms with van der Waals surface area (Å²) >= 11 is 1.18. The molecule has 1 amide bonds. The van der Waals surface area contributed by atoms with Crippen LogP contribution in [0.15, 0.2) is 41.2 Å². The summed E-state index contributed by atoms with van der Waals surface area (Å²) in [7, 11) is 0. The molecule has 7 rings (SSSR count).